The minimum absolute atomic E-state index is 0.0105. The highest BCUT2D eigenvalue weighted by molar-refractivity contribution is 6.08. The summed E-state index contributed by atoms with van der Waals surface area (Å²) in [5.74, 6) is 1.05. The number of ether oxygens (including phenoxy) is 1. The fraction of sp³-hybridized carbons (Fsp3) is 0.824. The number of nitrogens with zero attached hydrogens (tertiary/aromatic N) is 3. The van der Waals surface area contributed by atoms with Crippen molar-refractivity contribution in [2.24, 2.45) is 4.99 Å². The summed E-state index contributed by atoms with van der Waals surface area (Å²) in [5.41, 5.74) is -0.642. The number of amides is 2. The third-order valence-electron chi connectivity index (χ3n) is 4.72. The van der Waals surface area contributed by atoms with E-state index in [1.807, 2.05) is 18.7 Å². The van der Waals surface area contributed by atoms with Crippen LogP contribution >= 0.6 is 0 Å². The van der Waals surface area contributed by atoms with E-state index in [1.165, 1.54) is 7.11 Å². The molecule has 0 saturated carbocycles. The summed E-state index contributed by atoms with van der Waals surface area (Å²) in [4.78, 5) is 33.4. The van der Waals surface area contributed by atoms with Crippen molar-refractivity contribution in [3.63, 3.8) is 0 Å². The van der Waals surface area contributed by atoms with Crippen LogP contribution in [0.5, 0.6) is 0 Å². The van der Waals surface area contributed by atoms with Gasteiger partial charge in [-0.3, -0.25) is 19.5 Å². The molecule has 0 aromatic carbocycles. The molecule has 2 aliphatic heterocycles. The van der Waals surface area contributed by atoms with Crippen molar-refractivity contribution in [2.45, 2.75) is 64.5 Å². The third-order valence-corrected chi connectivity index (χ3v) is 4.72. The second-order valence-electron chi connectivity index (χ2n) is 6.75. The average molecular weight is 323 g/mol. The number of unbranched alkanes of at least 4 members (excludes halogenated alkanes) is 1. The van der Waals surface area contributed by atoms with Crippen LogP contribution in [0.25, 0.3) is 0 Å². The van der Waals surface area contributed by atoms with E-state index >= 15 is 0 Å². The van der Waals surface area contributed by atoms with Crippen LogP contribution in [-0.2, 0) is 14.3 Å². The zero-order valence-electron chi connectivity index (χ0n) is 14.8. The lowest BCUT2D eigenvalue weighted by Gasteiger charge is -2.36. The van der Waals surface area contributed by atoms with Crippen LogP contribution in [0, 0.1) is 0 Å². The van der Waals surface area contributed by atoms with Gasteiger partial charge < -0.3 is 9.64 Å². The van der Waals surface area contributed by atoms with Crippen LogP contribution < -0.4 is 0 Å². The molecule has 0 aromatic rings. The largest absolute Gasteiger partial charge is 0.375 e. The molecule has 6 nitrogen and oxygen atoms in total. The van der Waals surface area contributed by atoms with Gasteiger partial charge in [-0.05, 0) is 33.1 Å². The molecule has 0 unspecified atom stereocenters. The van der Waals surface area contributed by atoms with Gasteiger partial charge in [0.2, 0.25) is 5.91 Å². The number of carbonyl (C=O) groups excluding carboxylic acids is 2. The molecule has 0 aliphatic carbocycles. The van der Waals surface area contributed by atoms with Gasteiger partial charge in [0.25, 0.3) is 5.91 Å². The van der Waals surface area contributed by atoms with Gasteiger partial charge in [0.1, 0.15) is 18.0 Å². The van der Waals surface area contributed by atoms with E-state index < -0.39 is 5.54 Å². The highest BCUT2D eigenvalue weighted by Crippen LogP contribution is 2.35. The van der Waals surface area contributed by atoms with E-state index in [4.69, 9.17) is 9.73 Å². The fourth-order valence-electron chi connectivity index (χ4n) is 3.40. The molecule has 2 heterocycles. The molecule has 0 radical (unpaired) electrons. The summed E-state index contributed by atoms with van der Waals surface area (Å²) in [5, 5.41) is 0. The molecule has 2 amide bonds. The fourth-order valence-corrected chi connectivity index (χ4v) is 3.40. The van der Waals surface area contributed by atoms with Crippen molar-refractivity contribution in [2.75, 3.05) is 26.8 Å². The number of methoxy groups -OCH3 is 1. The molecular weight excluding hydrogens is 294 g/mol. The minimum Gasteiger partial charge on any atom is -0.375 e. The second-order valence-corrected chi connectivity index (χ2v) is 6.75. The molecular formula is C17H29N3O3. The van der Waals surface area contributed by atoms with Gasteiger partial charge >= 0.3 is 0 Å². The average Bonchev–Trinajstić information content (AvgIpc) is 2.78. The Balaban J connectivity index is 2.11. The van der Waals surface area contributed by atoms with Crippen LogP contribution in [0.2, 0.25) is 0 Å². The monoisotopic (exact) mass is 323 g/mol. The Morgan fingerprint density at radius 3 is 2.52 bits per heavy atom. The van der Waals surface area contributed by atoms with Crippen molar-refractivity contribution in [1.29, 1.82) is 0 Å². The van der Waals surface area contributed by atoms with Crippen LogP contribution in [0.4, 0.5) is 0 Å². The van der Waals surface area contributed by atoms with Crippen LogP contribution in [-0.4, -0.2) is 65.8 Å². The number of amidine groups is 1. The summed E-state index contributed by atoms with van der Waals surface area (Å²) in [6.45, 7) is 7.47. The van der Waals surface area contributed by atoms with E-state index in [1.54, 1.807) is 4.90 Å². The number of carbonyl (C=O) groups is 2. The van der Waals surface area contributed by atoms with Crippen molar-refractivity contribution < 1.29 is 14.3 Å². The Labute approximate surface area is 138 Å². The van der Waals surface area contributed by atoms with Crippen molar-refractivity contribution >= 4 is 17.6 Å². The molecule has 2 rings (SSSR count). The molecule has 0 N–H and O–H groups in total. The van der Waals surface area contributed by atoms with Gasteiger partial charge in [-0.2, -0.15) is 0 Å². The predicted octanol–water partition coefficient (Wildman–Crippen LogP) is 1.83. The van der Waals surface area contributed by atoms with Crippen LogP contribution in [0.15, 0.2) is 4.99 Å². The van der Waals surface area contributed by atoms with Crippen LogP contribution in [0.1, 0.15) is 52.9 Å². The molecule has 0 bridgehead atoms. The van der Waals surface area contributed by atoms with Crippen molar-refractivity contribution in [3.05, 3.63) is 0 Å². The first-order chi connectivity index (χ1) is 10.9. The maximum atomic E-state index is 13.0. The number of rotatable bonds is 6. The maximum absolute atomic E-state index is 13.0. The van der Waals surface area contributed by atoms with E-state index in [2.05, 4.69) is 6.92 Å². The van der Waals surface area contributed by atoms with Gasteiger partial charge in [-0.1, -0.05) is 13.3 Å². The van der Waals surface area contributed by atoms with E-state index in [0.29, 0.717) is 25.9 Å². The highest BCUT2D eigenvalue weighted by Gasteiger charge is 2.50. The molecule has 6 heteroatoms. The topological polar surface area (TPSA) is 62.2 Å². The smallest absolute Gasteiger partial charge is 0.256 e. The number of likely N-dealkylation sites (tertiary alicyclic amines) is 1. The summed E-state index contributed by atoms with van der Waals surface area (Å²) in [6.07, 6.45) is 4.21. The lowest BCUT2D eigenvalue weighted by atomic mass is 9.87. The molecule has 130 valence electrons. The standard InChI is InChI=1S/C17H29N3O3/c1-5-6-7-14-18-17(16(22)20(14)13(2)3)8-10-19(11-9-17)15(21)12-23-4/h13H,5-12H2,1-4H3. The third kappa shape index (κ3) is 3.57. The van der Waals surface area contributed by atoms with Gasteiger partial charge in [-0.25, -0.2) is 0 Å². The lowest BCUT2D eigenvalue weighted by molar-refractivity contribution is -0.141. The second kappa shape index (κ2) is 7.43. The summed E-state index contributed by atoms with van der Waals surface area (Å²) in [6, 6.07) is 0.130. The Morgan fingerprint density at radius 2 is 2.00 bits per heavy atom. The Bertz CT molecular complexity index is 479. The molecule has 0 aromatic heterocycles. The normalized spacial score (nSPS) is 20.6. The number of hydrogen-bond acceptors (Lipinski definition) is 4. The van der Waals surface area contributed by atoms with Gasteiger partial charge in [0, 0.05) is 32.7 Å². The summed E-state index contributed by atoms with van der Waals surface area (Å²) < 4.78 is 4.91. The quantitative estimate of drug-likeness (QED) is 0.749. The van der Waals surface area contributed by atoms with E-state index in [0.717, 1.165) is 25.1 Å². The Hall–Kier alpha value is -1.43. The SMILES string of the molecule is CCCCC1=NC2(CCN(C(=O)COC)CC2)C(=O)N1C(C)C. The molecule has 1 spiro atoms. The number of hydrogen-bond donors (Lipinski definition) is 0. The summed E-state index contributed by atoms with van der Waals surface area (Å²) >= 11 is 0. The maximum Gasteiger partial charge on any atom is 0.256 e. The van der Waals surface area contributed by atoms with Crippen molar-refractivity contribution in [1.82, 2.24) is 9.80 Å². The molecule has 2 aliphatic rings. The van der Waals surface area contributed by atoms with Crippen molar-refractivity contribution in [3.8, 4) is 0 Å². The lowest BCUT2D eigenvalue weighted by Crippen LogP contribution is -2.52. The number of piperidine rings is 1. The molecule has 1 fully saturated rings. The zero-order valence-corrected chi connectivity index (χ0v) is 14.8. The molecule has 0 atom stereocenters. The molecule has 23 heavy (non-hydrogen) atoms. The predicted molar refractivity (Wildman–Crippen MR) is 89.4 cm³/mol. The zero-order chi connectivity index (χ0) is 17.0. The van der Waals surface area contributed by atoms with Crippen LogP contribution in [0.3, 0.4) is 0 Å². The van der Waals surface area contributed by atoms with Gasteiger partial charge in [0.15, 0.2) is 0 Å². The van der Waals surface area contributed by atoms with Gasteiger partial charge in [-0.15, -0.1) is 0 Å². The first kappa shape index (κ1) is 17.9. The Morgan fingerprint density at radius 1 is 1.35 bits per heavy atom. The van der Waals surface area contributed by atoms with E-state index in [9.17, 15) is 9.59 Å². The van der Waals surface area contributed by atoms with E-state index in [-0.39, 0.29) is 24.5 Å². The highest BCUT2D eigenvalue weighted by atomic mass is 16.5. The number of aliphatic imine (C=N–C) groups is 1. The van der Waals surface area contributed by atoms with Gasteiger partial charge in [0.05, 0.1) is 0 Å². The minimum atomic E-state index is -0.642. The Kier molecular flexibility index (Phi) is 5.79. The first-order valence-corrected chi connectivity index (χ1v) is 8.64. The molecule has 1 saturated heterocycles. The first-order valence-electron chi connectivity index (χ1n) is 8.64. The summed E-state index contributed by atoms with van der Waals surface area (Å²) in [7, 11) is 1.52.